The molecule has 7 heteroatoms. The van der Waals surface area contributed by atoms with Crippen molar-refractivity contribution in [2.45, 2.75) is 69.6 Å². The lowest BCUT2D eigenvalue weighted by Crippen LogP contribution is -2.41. The molecule has 2 saturated carbocycles. The molecule has 2 radical (unpaired) electrons. The zero-order chi connectivity index (χ0) is 14.7. The lowest BCUT2D eigenvalue weighted by molar-refractivity contribution is -0.163. The molecule has 0 aromatic carbocycles. The van der Waals surface area contributed by atoms with Crippen LogP contribution in [0.3, 0.4) is 0 Å². The minimum absolute atomic E-state index is 0.345. The second-order valence-corrected chi connectivity index (χ2v) is 7.74. The summed E-state index contributed by atoms with van der Waals surface area (Å²) in [6, 6.07) is 0.792. The van der Waals surface area contributed by atoms with Crippen LogP contribution in [0.1, 0.15) is 51.4 Å². The highest BCUT2D eigenvalue weighted by Crippen LogP contribution is 2.37. The van der Waals surface area contributed by atoms with E-state index in [9.17, 15) is 0 Å². The van der Waals surface area contributed by atoms with Crippen LogP contribution in [0, 0.1) is 5.92 Å². The Bertz CT molecular complexity index is 385. The van der Waals surface area contributed by atoms with Crippen LogP contribution in [0.15, 0.2) is 4.99 Å². The Morgan fingerprint density at radius 1 is 1.19 bits per heavy atom. The fraction of sp³-hybridized carbons (Fsp3) is 0.929. The van der Waals surface area contributed by atoms with E-state index in [1.165, 1.54) is 57.9 Å². The van der Waals surface area contributed by atoms with Crippen LogP contribution in [0.25, 0.3) is 0 Å². The van der Waals surface area contributed by atoms with Crippen LogP contribution < -0.4 is 0 Å². The number of hydrogen-bond acceptors (Lipinski definition) is 6. The highest BCUT2D eigenvalue weighted by Gasteiger charge is 2.40. The van der Waals surface area contributed by atoms with Crippen LogP contribution in [-0.4, -0.2) is 51.0 Å². The Labute approximate surface area is 139 Å². The zero-order valence-corrected chi connectivity index (χ0v) is 14.5. The van der Waals surface area contributed by atoms with E-state index in [0.717, 1.165) is 18.7 Å². The van der Waals surface area contributed by atoms with Crippen molar-refractivity contribution >= 4 is 34.6 Å². The summed E-state index contributed by atoms with van der Waals surface area (Å²) in [5, 5.41) is 0. The van der Waals surface area contributed by atoms with Crippen molar-refractivity contribution in [3.63, 3.8) is 0 Å². The van der Waals surface area contributed by atoms with E-state index in [2.05, 4.69) is 24.7 Å². The molecule has 1 heterocycles. The van der Waals surface area contributed by atoms with Crippen molar-refractivity contribution in [2.75, 3.05) is 7.11 Å². The molecular weight excluding hydrogens is 303 g/mol. The Balaban J connectivity index is 1.66. The third-order valence-electron chi connectivity index (χ3n) is 4.79. The normalized spacial score (nSPS) is 36.2. The molecule has 2 fully saturated rings. The van der Waals surface area contributed by atoms with Crippen LogP contribution >= 0.6 is 12.2 Å². The predicted molar refractivity (Wildman–Crippen MR) is 83.6 cm³/mol. The minimum Gasteiger partial charge on any atom is -0.475 e. The Hall–Kier alpha value is 0.232. The SMILES string of the molecule is COOS[N]([Al])C1CCCCC1C1=NC2CCCCC2O1. The van der Waals surface area contributed by atoms with E-state index in [0.29, 0.717) is 24.1 Å². The first kappa shape index (κ1) is 16.1. The number of hydrogen-bond donors (Lipinski definition) is 0. The molecule has 0 bridgehead atoms. The average Bonchev–Trinajstić information content (AvgIpc) is 2.96. The van der Waals surface area contributed by atoms with E-state index in [1.54, 1.807) is 0 Å². The summed E-state index contributed by atoms with van der Waals surface area (Å²) in [6.07, 6.45) is 10.1. The quantitative estimate of drug-likeness (QED) is 0.255. The van der Waals surface area contributed by atoms with E-state index < -0.39 is 0 Å². The first-order valence-electron chi connectivity index (χ1n) is 7.95. The summed E-state index contributed by atoms with van der Waals surface area (Å²) >= 11 is 3.98. The molecule has 0 spiro atoms. The lowest BCUT2D eigenvalue weighted by Gasteiger charge is -2.37. The number of nitrogens with zero attached hydrogens (tertiary/aromatic N) is 2. The van der Waals surface area contributed by atoms with Crippen LogP contribution in [0.4, 0.5) is 0 Å². The molecule has 0 N–H and O–H groups in total. The standard InChI is InChI=1S/C14H23N2O3S.Al/c1-17-19-20-16-11-7-3-2-6-10(11)14-15-12-8-4-5-9-13(12)18-14;/h10-13H,2-9H2,1H3;/q-1;+1. The second kappa shape index (κ2) is 7.67. The number of rotatable bonds is 5. The summed E-state index contributed by atoms with van der Waals surface area (Å²) < 4.78 is 13.3. The highest BCUT2D eigenvalue weighted by atomic mass is 32.2. The van der Waals surface area contributed by atoms with Gasteiger partial charge in [0.05, 0.1) is 25.4 Å². The van der Waals surface area contributed by atoms with Gasteiger partial charge in [0.15, 0.2) is 5.90 Å². The molecule has 5 nitrogen and oxygen atoms in total. The molecule has 116 valence electrons. The van der Waals surface area contributed by atoms with Gasteiger partial charge >= 0.3 is 0 Å². The van der Waals surface area contributed by atoms with E-state index in [4.69, 9.17) is 14.1 Å². The molecule has 3 aliphatic rings. The molecule has 1 aliphatic heterocycles. The van der Waals surface area contributed by atoms with Gasteiger partial charge in [0.25, 0.3) is 16.5 Å². The highest BCUT2D eigenvalue weighted by molar-refractivity contribution is 7.93. The fourth-order valence-corrected chi connectivity index (χ4v) is 4.68. The summed E-state index contributed by atoms with van der Waals surface area (Å²) in [4.78, 5) is 9.61. The van der Waals surface area contributed by atoms with Gasteiger partial charge in [-0.2, -0.15) is 0 Å². The number of aliphatic imine (C=N–C) groups is 1. The molecular formula is C14H23AlN2O3S. The van der Waals surface area contributed by atoms with Gasteiger partial charge < -0.3 is 8.03 Å². The van der Waals surface area contributed by atoms with Gasteiger partial charge in [-0.05, 0) is 32.1 Å². The average molecular weight is 326 g/mol. The maximum absolute atomic E-state index is 6.22. The van der Waals surface area contributed by atoms with Gasteiger partial charge in [0.2, 0.25) is 0 Å². The lowest BCUT2D eigenvalue weighted by atomic mass is 9.85. The van der Waals surface area contributed by atoms with Crippen LogP contribution in [0.2, 0.25) is 0 Å². The van der Waals surface area contributed by atoms with Gasteiger partial charge in [0, 0.05) is 12.0 Å². The van der Waals surface area contributed by atoms with Crippen molar-refractivity contribution in [1.82, 2.24) is 3.29 Å². The maximum atomic E-state index is 6.22. The molecule has 0 amide bonds. The summed E-state index contributed by atoms with van der Waals surface area (Å²) in [6.45, 7) is 0. The van der Waals surface area contributed by atoms with Crippen molar-refractivity contribution < 1.29 is 14.0 Å². The first-order chi connectivity index (χ1) is 10.3. The summed E-state index contributed by atoms with van der Waals surface area (Å²) in [7, 11) is 1.53. The van der Waals surface area contributed by atoms with Crippen molar-refractivity contribution in [3.8, 4) is 0 Å². The molecule has 2 aliphatic carbocycles. The molecule has 0 saturated heterocycles. The monoisotopic (exact) mass is 326 g/mol. The number of fused-ring (bicyclic) bond motifs is 1. The predicted octanol–water partition coefficient (Wildman–Crippen LogP) is 2.81. The molecule has 21 heavy (non-hydrogen) atoms. The summed E-state index contributed by atoms with van der Waals surface area (Å²) in [5.41, 5.74) is 0. The van der Waals surface area contributed by atoms with Crippen molar-refractivity contribution in [2.24, 2.45) is 10.9 Å². The molecule has 4 unspecified atom stereocenters. The largest absolute Gasteiger partial charge is 0.475 e. The fourth-order valence-electron chi connectivity index (χ4n) is 3.72. The Morgan fingerprint density at radius 2 is 1.95 bits per heavy atom. The van der Waals surface area contributed by atoms with Crippen molar-refractivity contribution in [3.05, 3.63) is 0 Å². The smallest absolute Gasteiger partial charge is 0.281 e. The van der Waals surface area contributed by atoms with E-state index in [-0.39, 0.29) is 0 Å². The molecule has 4 atom stereocenters. The van der Waals surface area contributed by atoms with Crippen LogP contribution in [-0.2, 0) is 14.0 Å². The van der Waals surface area contributed by atoms with Gasteiger partial charge in [-0.25, -0.2) is 9.88 Å². The van der Waals surface area contributed by atoms with Gasteiger partial charge in [-0.1, -0.05) is 19.3 Å². The molecule has 3 rings (SSSR count). The van der Waals surface area contributed by atoms with E-state index >= 15 is 0 Å². The first-order valence-corrected chi connectivity index (χ1v) is 9.17. The molecule has 0 aromatic rings. The van der Waals surface area contributed by atoms with Crippen molar-refractivity contribution in [1.29, 1.82) is 0 Å². The third-order valence-corrected chi connectivity index (χ3v) is 6.07. The second-order valence-electron chi connectivity index (χ2n) is 6.10. The van der Waals surface area contributed by atoms with Gasteiger partial charge in [0.1, 0.15) is 6.10 Å². The van der Waals surface area contributed by atoms with Gasteiger partial charge in [-0.3, -0.25) is 0 Å². The topological polar surface area (TPSA) is 43.3 Å². The minimum atomic E-state index is 0.345. The zero-order valence-electron chi connectivity index (χ0n) is 12.6. The van der Waals surface area contributed by atoms with Crippen LogP contribution in [0.5, 0.6) is 0 Å². The number of ether oxygens (including phenoxy) is 1. The maximum Gasteiger partial charge on any atom is 0.281 e. The summed E-state index contributed by atoms with van der Waals surface area (Å²) in [5.74, 6) is 1.39. The third kappa shape index (κ3) is 3.77. The Morgan fingerprint density at radius 3 is 2.76 bits per heavy atom. The van der Waals surface area contributed by atoms with E-state index in [1.807, 2.05) is 0 Å². The van der Waals surface area contributed by atoms with Gasteiger partial charge in [-0.15, -0.1) is 4.33 Å². The molecule has 0 aromatic heterocycles. The Kier molecular flexibility index (Phi) is 5.88.